The van der Waals surface area contributed by atoms with Crippen molar-refractivity contribution in [2.75, 3.05) is 0 Å². The van der Waals surface area contributed by atoms with Gasteiger partial charge in [0.2, 0.25) is 0 Å². The van der Waals surface area contributed by atoms with Crippen molar-refractivity contribution in [1.82, 2.24) is 5.32 Å². The van der Waals surface area contributed by atoms with Crippen molar-refractivity contribution < 1.29 is 13.6 Å². The van der Waals surface area contributed by atoms with Gasteiger partial charge in [-0.05, 0) is 36.2 Å². The number of carbonyl (C=O) groups excluding carboxylic acids is 1. The lowest BCUT2D eigenvalue weighted by molar-refractivity contribution is 0.0942. The van der Waals surface area contributed by atoms with Crippen LogP contribution in [0.25, 0.3) is 0 Å². The summed E-state index contributed by atoms with van der Waals surface area (Å²) in [5.41, 5.74) is 0.741. The molecule has 3 nitrogen and oxygen atoms in total. The molecule has 0 fully saturated rings. The fraction of sp³-hybridized carbons (Fsp3) is 0.125. The highest BCUT2D eigenvalue weighted by atomic mass is 19.1. The molecule has 0 spiro atoms. The quantitative estimate of drug-likeness (QED) is 0.942. The van der Waals surface area contributed by atoms with Crippen LogP contribution in [-0.2, 0) is 6.54 Å². The Kier molecular flexibility index (Phi) is 4.29. The van der Waals surface area contributed by atoms with E-state index in [0.717, 1.165) is 6.07 Å². The second kappa shape index (κ2) is 6.14. The van der Waals surface area contributed by atoms with Crippen LogP contribution < -0.4 is 5.32 Å². The minimum absolute atomic E-state index is 0.0845. The third-order valence-corrected chi connectivity index (χ3v) is 3.02. The first kappa shape index (κ1) is 14.7. The maximum Gasteiger partial charge on any atom is 0.257 e. The molecule has 0 saturated carbocycles. The normalized spacial score (nSPS) is 10.0. The molecule has 1 N–H and O–H groups in total. The number of rotatable bonds is 3. The van der Waals surface area contributed by atoms with Gasteiger partial charge in [0.15, 0.2) is 0 Å². The van der Waals surface area contributed by atoms with Crippen molar-refractivity contribution in [2.24, 2.45) is 0 Å². The summed E-state index contributed by atoms with van der Waals surface area (Å²) in [6.07, 6.45) is 0. The number of halogens is 2. The van der Waals surface area contributed by atoms with Crippen molar-refractivity contribution in [1.29, 1.82) is 5.26 Å². The van der Waals surface area contributed by atoms with E-state index in [1.54, 1.807) is 24.3 Å². The Morgan fingerprint density at radius 3 is 2.76 bits per heavy atom. The Morgan fingerprint density at radius 2 is 2.05 bits per heavy atom. The van der Waals surface area contributed by atoms with Crippen LogP contribution in [0.2, 0.25) is 0 Å². The van der Waals surface area contributed by atoms with Gasteiger partial charge >= 0.3 is 0 Å². The number of benzene rings is 2. The first-order valence-corrected chi connectivity index (χ1v) is 6.24. The summed E-state index contributed by atoms with van der Waals surface area (Å²) >= 11 is 0. The van der Waals surface area contributed by atoms with Gasteiger partial charge in [0.05, 0.1) is 11.6 Å². The molecule has 0 aromatic heterocycles. The lowest BCUT2D eigenvalue weighted by Crippen LogP contribution is -2.25. The van der Waals surface area contributed by atoms with E-state index in [1.807, 2.05) is 6.07 Å². The van der Waals surface area contributed by atoms with E-state index in [9.17, 15) is 13.6 Å². The number of nitrogens with one attached hydrogen (secondary N) is 1. The van der Waals surface area contributed by atoms with Crippen molar-refractivity contribution in [3.8, 4) is 6.07 Å². The van der Waals surface area contributed by atoms with E-state index in [2.05, 4.69) is 5.32 Å². The van der Waals surface area contributed by atoms with Gasteiger partial charge in [0.1, 0.15) is 17.2 Å². The van der Waals surface area contributed by atoms with E-state index in [-0.39, 0.29) is 12.1 Å². The lowest BCUT2D eigenvalue weighted by atomic mass is 10.1. The molecular formula is C16H12F2N2O. The Balaban J connectivity index is 2.16. The maximum absolute atomic E-state index is 13.8. The summed E-state index contributed by atoms with van der Waals surface area (Å²) in [7, 11) is 0. The van der Waals surface area contributed by atoms with E-state index >= 15 is 0 Å². The first-order chi connectivity index (χ1) is 10.0. The van der Waals surface area contributed by atoms with Crippen LogP contribution in [0.1, 0.15) is 27.0 Å². The van der Waals surface area contributed by atoms with Gasteiger partial charge < -0.3 is 5.32 Å². The Hall–Kier alpha value is -2.74. The Labute approximate surface area is 120 Å². The van der Waals surface area contributed by atoms with Crippen molar-refractivity contribution in [3.05, 3.63) is 70.3 Å². The largest absolute Gasteiger partial charge is 0.348 e. The molecule has 2 aromatic carbocycles. The Bertz CT molecular complexity index is 736. The zero-order valence-electron chi connectivity index (χ0n) is 11.3. The number of aryl methyl sites for hydroxylation is 1. The summed E-state index contributed by atoms with van der Waals surface area (Å²) in [6.45, 7) is 1.54. The molecular weight excluding hydrogens is 274 g/mol. The molecule has 106 valence electrons. The third-order valence-electron chi connectivity index (χ3n) is 3.02. The molecule has 5 heteroatoms. The minimum Gasteiger partial charge on any atom is -0.348 e. The number of nitriles is 1. The van der Waals surface area contributed by atoms with Crippen LogP contribution in [0.5, 0.6) is 0 Å². The van der Waals surface area contributed by atoms with Gasteiger partial charge in [0.25, 0.3) is 5.91 Å². The first-order valence-electron chi connectivity index (χ1n) is 6.24. The second-order valence-electron chi connectivity index (χ2n) is 4.55. The summed E-state index contributed by atoms with van der Waals surface area (Å²) in [6, 6.07) is 10.9. The molecule has 0 atom stereocenters. The number of nitrogens with zero attached hydrogens (tertiary/aromatic N) is 1. The molecule has 0 saturated heterocycles. The fourth-order valence-corrected chi connectivity index (χ4v) is 1.89. The zero-order valence-corrected chi connectivity index (χ0v) is 11.3. The van der Waals surface area contributed by atoms with Crippen LogP contribution in [-0.4, -0.2) is 5.91 Å². The molecule has 0 radical (unpaired) electrons. The van der Waals surface area contributed by atoms with E-state index in [0.29, 0.717) is 11.1 Å². The topological polar surface area (TPSA) is 52.9 Å². The number of hydrogen-bond acceptors (Lipinski definition) is 2. The SMILES string of the molecule is Cc1ccc(F)c(C(=O)NCc2cccc(C#N)c2)c1F. The smallest absolute Gasteiger partial charge is 0.257 e. The minimum atomic E-state index is -0.902. The van der Waals surface area contributed by atoms with Gasteiger partial charge in [-0.3, -0.25) is 4.79 Å². The zero-order chi connectivity index (χ0) is 15.4. The van der Waals surface area contributed by atoms with Crippen molar-refractivity contribution in [3.63, 3.8) is 0 Å². The van der Waals surface area contributed by atoms with E-state index < -0.39 is 23.1 Å². The molecule has 0 aliphatic carbocycles. The van der Waals surface area contributed by atoms with Crippen molar-refractivity contribution >= 4 is 5.91 Å². The van der Waals surface area contributed by atoms with Crippen LogP contribution in [0.3, 0.4) is 0 Å². The van der Waals surface area contributed by atoms with Gasteiger partial charge in [-0.15, -0.1) is 0 Å². The molecule has 0 bridgehead atoms. The average Bonchev–Trinajstić information content (AvgIpc) is 2.49. The van der Waals surface area contributed by atoms with Crippen LogP contribution in [0.4, 0.5) is 8.78 Å². The highest BCUT2D eigenvalue weighted by Crippen LogP contribution is 2.16. The summed E-state index contributed by atoms with van der Waals surface area (Å²) in [5, 5.41) is 11.2. The Morgan fingerprint density at radius 1 is 1.29 bits per heavy atom. The predicted molar refractivity (Wildman–Crippen MR) is 73.4 cm³/mol. The maximum atomic E-state index is 13.8. The van der Waals surface area contributed by atoms with Crippen LogP contribution in [0, 0.1) is 29.9 Å². The molecule has 2 aromatic rings. The van der Waals surface area contributed by atoms with E-state index in [1.165, 1.54) is 13.0 Å². The molecule has 2 rings (SSSR count). The van der Waals surface area contributed by atoms with Gasteiger partial charge in [-0.25, -0.2) is 8.78 Å². The molecule has 0 unspecified atom stereocenters. The molecule has 0 aliphatic rings. The number of amides is 1. The molecule has 21 heavy (non-hydrogen) atoms. The van der Waals surface area contributed by atoms with E-state index in [4.69, 9.17) is 5.26 Å². The molecule has 0 aliphatic heterocycles. The second-order valence-corrected chi connectivity index (χ2v) is 4.55. The number of carbonyl (C=O) groups is 1. The van der Waals surface area contributed by atoms with Crippen LogP contribution in [0.15, 0.2) is 36.4 Å². The average molecular weight is 286 g/mol. The highest BCUT2D eigenvalue weighted by Gasteiger charge is 2.18. The molecule has 0 heterocycles. The van der Waals surface area contributed by atoms with Gasteiger partial charge in [-0.1, -0.05) is 18.2 Å². The third kappa shape index (κ3) is 3.23. The highest BCUT2D eigenvalue weighted by molar-refractivity contribution is 5.94. The standard InChI is InChI=1S/C16H12F2N2O/c1-10-5-6-13(17)14(15(10)18)16(21)20-9-12-4-2-3-11(7-12)8-19/h2-7H,9H2,1H3,(H,20,21). The summed E-state index contributed by atoms with van der Waals surface area (Å²) in [4.78, 5) is 11.9. The fourth-order valence-electron chi connectivity index (χ4n) is 1.89. The summed E-state index contributed by atoms with van der Waals surface area (Å²) in [5.74, 6) is -2.59. The molecule has 1 amide bonds. The van der Waals surface area contributed by atoms with Crippen molar-refractivity contribution in [2.45, 2.75) is 13.5 Å². The monoisotopic (exact) mass is 286 g/mol. The van der Waals surface area contributed by atoms with Crippen LogP contribution >= 0.6 is 0 Å². The number of hydrogen-bond donors (Lipinski definition) is 1. The summed E-state index contributed by atoms with van der Waals surface area (Å²) < 4.78 is 27.4. The van der Waals surface area contributed by atoms with Gasteiger partial charge in [0, 0.05) is 6.54 Å². The lowest BCUT2D eigenvalue weighted by Gasteiger charge is -2.09. The van der Waals surface area contributed by atoms with Gasteiger partial charge in [-0.2, -0.15) is 5.26 Å². The predicted octanol–water partition coefficient (Wildman–Crippen LogP) is 3.07.